The molecule has 0 radical (unpaired) electrons. The Balaban J connectivity index is 0.00000124. The van der Waals surface area contributed by atoms with Gasteiger partial charge in [0.1, 0.15) is 0 Å². The van der Waals surface area contributed by atoms with Crippen molar-refractivity contribution in [1.29, 1.82) is 0 Å². The van der Waals surface area contributed by atoms with Crippen LogP contribution in [0.3, 0.4) is 0 Å². The number of fused-ring (bicyclic) bond motifs is 2. The van der Waals surface area contributed by atoms with E-state index in [-0.39, 0.29) is 14.9 Å². The number of unbranched alkanes of at least 4 members (excludes halogenated alkanes) is 2. The molecule has 2 saturated carbocycles. The number of rotatable bonds is 12. The number of benzene rings is 4. The first-order valence-electron chi connectivity index (χ1n) is 21.4. The summed E-state index contributed by atoms with van der Waals surface area (Å²) in [6, 6.07) is 40.7. The number of hydrogen-bond donors (Lipinski definition) is 0. The van der Waals surface area contributed by atoms with Crippen molar-refractivity contribution in [1.82, 2.24) is 0 Å². The first-order chi connectivity index (χ1) is 27.4. The second kappa shape index (κ2) is 21.9. The monoisotopic (exact) mass is 902 g/mol. The summed E-state index contributed by atoms with van der Waals surface area (Å²) in [6.45, 7) is 10.5. The Labute approximate surface area is 373 Å². The van der Waals surface area contributed by atoms with Gasteiger partial charge in [-0.25, -0.2) is 0 Å². The normalized spacial score (nSPS) is 25.4. The van der Waals surface area contributed by atoms with E-state index in [2.05, 4.69) is 173 Å². The van der Waals surface area contributed by atoms with Gasteiger partial charge in [-0.15, -0.1) is 0 Å². The molecule has 0 aromatic heterocycles. The van der Waals surface area contributed by atoms with Crippen LogP contribution in [0.2, 0.25) is 24.2 Å². The Morgan fingerprint density at radius 2 is 0.879 bits per heavy atom. The van der Waals surface area contributed by atoms with Crippen molar-refractivity contribution in [3.63, 3.8) is 0 Å². The third kappa shape index (κ3) is 9.68. The topological polar surface area (TPSA) is 0 Å². The molecule has 0 saturated heterocycles. The van der Waals surface area contributed by atoms with E-state index < -0.39 is 28.9 Å². The summed E-state index contributed by atoms with van der Waals surface area (Å²) in [5.74, 6) is 4.07. The average Bonchev–Trinajstić information content (AvgIpc) is 3.82. The fraction of sp³-hybridized carbons (Fsp3) is 0.370. The molecule has 4 heteroatoms. The van der Waals surface area contributed by atoms with Crippen molar-refractivity contribution in [2.24, 2.45) is 35.5 Å². The van der Waals surface area contributed by atoms with Crippen LogP contribution in [0.15, 0.2) is 146 Å². The van der Waals surface area contributed by atoms with Gasteiger partial charge in [0.05, 0.1) is 8.07 Å². The molecule has 4 aliphatic rings. The van der Waals surface area contributed by atoms with Crippen molar-refractivity contribution in [2.75, 3.05) is 0 Å². The first kappa shape index (κ1) is 46.6. The Bertz CT molecular complexity index is 1870. The SMILES string of the molecule is CCCCC1CC2C(c3ccccc3-c3ccccc3)=CC=CC2C1[Si](C)(C)C1C(CCCC)CC2C(c3ccccc3-c3ccccc3)=CC=CC21.[CH3-].[CH3-].[Cl][Zr+2][Cl]. The van der Waals surface area contributed by atoms with E-state index in [1.54, 1.807) is 11.1 Å². The summed E-state index contributed by atoms with van der Waals surface area (Å²) in [4.78, 5) is 0. The van der Waals surface area contributed by atoms with Crippen LogP contribution in [0.5, 0.6) is 0 Å². The number of allylic oxidation sites excluding steroid dienone is 8. The van der Waals surface area contributed by atoms with E-state index in [4.69, 9.17) is 17.0 Å². The fourth-order valence-corrected chi connectivity index (χ4v) is 18.3. The molecule has 0 amide bonds. The van der Waals surface area contributed by atoms with Gasteiger partial charge >= 0.3 is 37.9 Å². The standard InChI is InChI=1S/C52H60Si.2CH3.2ClH.Zr/c1-5-7-21-39-35-49-45(43-29-17-15-27-41(43)37-23-11-9-12-24-37)31-19-33-47(49)51(39)53(3,4)52-40(22-8-6-2)36-50-46(32-20-34-48(50)52)44-30-18-16-28-42(44)38-25-13-10-14-26-38;;;;;/h9-20,23-34,39-40,47-52H,5-8,21-22,35-36H2,1-4H3;2*1H3;2*1H;/q;2*-1;;;+4/p-2. The molecule has 8 rings (SSSR count). The number of hydrogen-bond acceptors (Lipinski definition) is 0. The van der Waals surface area contributed by atoms with Crippen LogP contribution in [0.4, 0.5) is 0 Å². The molecule has 4 aromatic rings. The van der Waals surface area contributed by atoms with Crippen LogP contribution in [-0.4, -0.2) is 8.07 Å². The predicted molar refractivity (Wildman–Crippen MR) is 257 cm³/mol. The zero-order valence-corrected chi connectivity index (χ0v) is 40.9. The Hall–Kier alpha value is -2.48. The van der Waals surface area contributed by atoms with Gasteiger partial charge in [-0.2, -0.15) is 0 Å². The predicted octanol–water partition coefficient (Wildman–Crippen LogP) is 17.2. The van der Waals surface area contributed by atoms with Crippen molar-refractivity contribution in [3.05, 3.63) is 172 Å². The van der Waals surface area contributed by atoms with Gasteiger partial charge in [-0.05, 0) is 104 Å². The van der Waals surface area contributed by atoms with Crippen LogP contribution >= 0.6 is 17.0 Å². The van der Waals surface area contributed by atoms with Gasteiger partial charge in [-0.1, -0.05) is 211 Å². The van der Waals surface area contributed by atoms with Crippen LogP contribution in [0.1, 0.15) is 76.3 Å². The minimum atomic E-state index is -1.85. The van der Waals surface area contributed by atoms with E-state index in [9.17, 15) is 0 Å². The Kier molecular flexibility index (Phi) is 17.6. The first-order valence-corrected chi connectivity index (χ1v) is 30.9. The molecule has 304 valence electrons. The third-order valence-corrected chi connectivity index (χ3v) is 19.3. The molecule has 0 aliphatic heterocycles. The summed E-state index contributed by atoms with van der Waals surface area (Å²) in [6.07, 6.45) is 26.1. The van der Waals surface area contributed by atoms with E-state index in [0.717, 1.165) is 22.9 Å². The summed E-state index contributed by atoms with van der Waals surface area (Å²) in [5.41, 5.74) is 13.1. The van der Waals surface area contributed by atoms with Crippen molar-refractivity contribution >= 4 is 36.2 Å². The average molecular weight is 905 g/mol. The maximum atomic E-state index is 4.93. The molecule has 8 atom stereocenters. The molecule has 4 aromatic carbocycles. The van der Waals surface area contributed by atoms with E-state index >= 15 is 0 Å². The van der Waals surface area contributed by atoms with Gasteiger partial charge < -0.3 is 14.9 Å². The molecule has 0 bridgehead atoms. The molecule has 8 unspecified atom stereocenters. The maximum absolute atomic E-state index is 4.93. The van der Waals surface area contributed by atoms with Gasteiger partial charge in [0, 0.05) is 0 Å². The molecule has 0 heterocycles. The molecule has 4 aliphatic carbocycles. The van der Waals surface area contributed by atoms with E-state index in [0.29, 0.717) is 23.7 Å². The van der Waals surface area contributed by atoms with Crippen molar-refractivity contribution < 1.29 is 20.8 Å². The molecular weight excluding hydrogens is 839 g/mol. The molecule has 2 fully saturated rings. The Morgan fingerprint density at radius 1 is 0.534 bits per heavy atom. The second-order valence-electron chi connectivity index (χ2n) is 17.4. The van der Waals surface area contributed by atoms with Gasteiger partial charge in [0.2, 0.25) is 0 Å². The van der Waals surface area contributed by atoms with E-state index in [1.807, 2.05) is 0 Å². The molecule has 0 N–H and O–H groups in total. The van der Waals surface area contributed by atoms with Gasteiger partial charge in [-0.3, -0.25) is 0 Å². The third-order valence-electron chi connectivity index (χ3n) is 14.1. The molecule has 0 nitrogen and oxygen atoms in total. The van der Waals surface area contributed by atoms with Gasteiger partial charge in [0.25, 0.3) is 0 Å². The van der Waals surface area contributed by atoms with E-state index in [1.165, 1.54) is 84.7 Å². The van der Waals surface area contributed by atoms with Crippen LogP contribution in [-0.2, 0) is 20.8 Å². The van der Waals surface area contributed by atoms with Crippen LogP contribution in [0, 0.1) is 50.4 Å². The molecular formula is C54H66Cl2SiZr. The van der Waals surface area contributed by atoms with Crippen LogP contribution in [0.25, 0.3) is 33.4 Å². The van der Waals surface area contributed by atoms with Crippen molar-refractivity contribution in [3.8, 4) is 22.3 Å². The molecule has 58 heavy (non-hydrogen) atoms. The van der Waals surface area contributed by atoms with Crippen molar-refractivity contribution in [2.45, 2.75) is 89.4 Å². The molecule has 0 spiro atoms. The zero-order valence-electron chi connectivity index (χ0n) is 35.9. The van der Waals surface area contributed by atoms with Crippen LogP contribution < -0.4 is 0 Å². The second-order valence-corrected chi connectivity index (χ2v) is 26.1. The zero-order chi connectivity index (χ0) is 39.1. The summed E-state index contributed by atoms with van der Waals surface area (Å²) >= 11 is -0.826. The quantitative estimate of drug-likeness (QED) is 0.0982. The fourth-order valence-electron chi connectivity index (χ4n) is 12.1. The minimum absolute atomic E-state index is 0. The Morgan fingerprint density at radius 3 is 1.24 bits per heavy atom. The summed E-state index contributed by atoms with van der Waals surface area (Å²) in [7, 11) is 8.01. The van der Waals surface area contributed by atoms with Gasteiger partial charge in [0.15, 0.2) is 0 Å². The summed E-state index contributed by atoms with van der Waals surface area (Å²) < 4.78 is 0. The number of halogens is 2. The summed E-state index contributed by atoms with van der Waals surface area (Å²) in [5, 5.41) is 0.